The second kappa shape index (κ2) is 6.56. The highest BCUT2D eigenvalue weighted by Crippen LogP contribution is 2.37. The number of aromatic nitrogens is 4. The summed E-state index contributed by atoms with van der Waals surface area (Å²) < 4.78 is 1.84. The van der Waals surface area contributed by atoms with E-state index >= 15 is 0 Å². The highest BCUT2D eigenvalue weighted by atomic mass is 16.2. The van der Waals surface area contributed by atoms with Gasteiger partial charge in [0.2, 0.25) is 11.8 Å². The van der Waals surface area contributed by atoms with Crippen LogP contribution in [0.2, 0.25) is 0 Å². The van der Waals surface area contributed by atoms with Crippen LogP contribution in [0.25, 0.3) is 11.4 Å². The molecule has 1 atom stereocenters. The summed E-state index contributed by atoms with van der Waals surface area (Å²) in [4.78, 5) is 24.9. The zero-order valence-corrected chi connectivity index (χ0v) is 15.0. The molecule has 2 amide bonds. The van der Waals surface area contributed by atoms with Crippen LogP contribution in [0.5, 0.6) is 0 Å². The molecule has 8 heteroatoms. The number of carbonyl (C=O) groups excluding carboxylic acids is 2. The topological polar surface area (TPSA) is 102 Å². The van der Waals surface area contributed by atoms with Crippen LogP contribution in [-0.4, -0.2) is 32.0 Å². The number of hydrogen-bond donors (Lipinski definition) is 2. The Morgan fingerprint density at radius 3 is 2.86 bits per heavy atom. The minimum atomic E-state index is -0.523. The largest absolute Gasteiger partial charge is 0.326 e. The SMILES string of the molecule is O=C1C[C@H](C(=O)Nc2cccc(-c3nnnn3C3CC3)c2)c2ccccc2N1. The van der Waals surface area contributed by atoms with Crippen molar-refractivity contribution in [2.45, 2.75) is 31.2 Å². The summed E-state index contributed by atoms with van der Waals surface area (Å²) in [6.45, 7) is 0. The quantitative estimate of drug-likeness (QED) is 0.731. The predicted molar refractivity (Wildman–Crippen MR) is 103 cm³/mol. The Bertz CT molecular complexity index is 1070. The van der Waals surface area contributed by atoms with Crippen molar-refractivity contribution in [2.75, 3.05) is 10.6 Å². The number of nitrogens with zero attached hydrogens (tertiary/aromatic N) is 4. The molecule has 1 aromatic heterocycles. The van der Waals surface area contributed by atoms with Crippen molar-refractivity contribution in [3.05, 3.63) is 54.1 Å². The lowest BCUT2D eigenvalue weighted by atomic mass is 9.90. The van der Waals surface area contributed by atoms with E-state index in [4.69, 9.17) is 0 Å². The second-order valence-corrected chi connectivity index (χ2v) is 7.14. The monoisotopic (exact) mass is 374 g/mol. The lowest BCUT2D eigenvalue weighted by Crippen LogP contribution is -2.30. The minimum Gasteiger partial charge on any atom is -0.326 e. The molecule has 1 saturated carbocycles. The van der Waals surface area contributed by atoms with E-state index in [-0.39, 0.29) is 18.2 Å². The average Bonchev–Trinajstić information content (AvgIpc) is 3.43. The van der Waals surface area contributed by atoms with Crippen LogP contribution in [0.1, 0.15) is 36.8 Å². The van der Waals surface area contributed by atoms with E-state index in [1.165, 1.54) is 0 Å². The number of anilines is 2. The third-order valence-electron chi connectivity index (χ3n) is 5.09. The minimum absolute atomic E-state index is 0.127. The lowest BCUT2D eigenvalue weighted by Gasteiger charge is -2.24. The summed E-state index contributed by atoms with van der Waals surface area (Å²) in [5, 5.41) is 17.8. The molecule has 0 saturated heterocycles. The molecule has 2 aromatic carbocycles. The van der Waals surface area contributed by atoms with Crippen LogP contribution in [0.3, 0.4) is 0 Å². The molecule has 5 rings (SSSR count). The van der Waals surface area contributed by atoms with E-state index in [2.05, 4.69) is 26.2 Å². The van der Waals surface area contributed by atoms with Crippen LogP contribution >= 0.6 is 0 Å². The predicted octanol–water partition coefficient (Wildman–Crippen LogP) is 2.74. The number of amides is 2. The number of hydrogen-bond acceptors (Lipinski definition) is 5. The third kappa shape index (κ3) is 3.02. The molecule has 1 aliphatic carbocycles. The Kier molecular flexibility index (Phi) is 3.89. The van der Waals surface area contributed by atoms with Crippen molar-refractivity contribution in [1.29, 1.82) is 0 Å². The van der Waals surface area contributed by atoms with Crippen molar-refractivity contribution >= 4 is 23.2 Å². The first-order valence-corrected chi connectivity index (χ1v) is 9.27. The summed E-state index contributed by atoms with van der Waals surface area (Å²) in [6, 6.07) is 15.2. The Hall–Kier alpha value is -3.55. The fourth-order valence-corrected chi connectivity index (χ4v) is 3.56. The summed E-state index contributed by atoms with van der Waals surface area (Å²) in [5.74, 6) is -0.191. The van der Waals surface area contributed by atoms with Crippen LogP contribution in [0.15, 0.2) is 48.5 Å². The molecule has 1 fully saturated rings. The summed E-state index contributed by atoms with van der Waals surface area (Å²) in [7, 11) is 0. The average molecular weight is 374 g/mol. The first kappa shape index (κ1) is 16.6. The van der Waals surface area contributed by atoms with Gasteiger partial charge >= 0.3 is 0 Å². The van der Waals surface area contributed by atoms with Crippen LogP contribution < -0.4 is 10.6 Å². The zero-order valence-electron chi connectivity index (χ0n) is 15.0. The van der Waals surface area contributed by atoms with E-state index < -0.39 is 5.92 Å². The normalized spacial score (nSPS) is 18.3. The van der Waals surface area contributed by atoms with E-state index in [0.29, 0.717) is 23.2 Å². The Balaban J connectivity index is 1.40. The fourth-order valence-electron chi connectivity index (χ4n) is 3.56. The van der Waals surface area contributed by atoms with Gasteiger partial charge in [-0.2, -0.15) is 0 Å². The molecule has 140 valence electrons. The Labute approximate surface area is 160 Å². The molecule has 0 spiro atoms. The van der Waals surface area contributed by atoms with Crippen LogP contribution in [0.4, 0.5) is 11.4 Å². The standard InChI is InChI=1S/C20H18N6O2/c27-18-11-16(15-6-1-2-7-17(15)22-18)20(28)21-13-5-3-4-12(10-13)19-23-24-25-26(19)14-8-9-14/h1-7,10,14,16H,8-9,11H2,(H,21,28)(H,22,27)/t16-/m0/s1. The summed E-state index contributed by atoms with van der Waals surface area (Å²) >= 11 is 0. The van der Waals surface area contributed by atoms with Gasteiger partial charge in [-0.3, -0.25) is 9.59 Å². The maximum Gasteiger partial charge on any atom is 0.232 e. The second-order valence-electron chi connectivity index (χ2n) is 7.14. The number of carbonyl (C=O) groups is 2. The van der Waals surface area contributed by atoms with Gasteiger partial charge in [0.25, 0.3) is 0 Å². The van der Waals surface area contributed by atoms with Crippen molar-refractivity contribution in [3.8, 4) is 11.4 Å². The lowest BCUT2D eigenvalue weighted by molar-refractivity contribution is -0.123. The molecule has 2 aliphatic rings. The fraction of sp³-hybridized carbons (Fsp3) is 0.250. The van der Waals surface area contributed by atoms with Gasteiger partial charge in [0.05, 0.1) is 12.0 Å². The van der Waals surface area contributed by atoms with E-state index in [9.17, 15) is 9.59 Å². The molecule has 8 nitrogen and oxygen atoms in total. The van der Waals surface area contributed by atoms with Gasteiger partial charge in [0.1, 0.15) is 0 Å². The summed E-state index contributed by atoms with van der Waals surface area (Å²) in [5.41, 5.74) is 3.01. The molecule has 3 aromatic rings. The summed E-state index contributed by atoms with van der Waals surface area (Å²) in [6.07, 6.45) is 2.29. The highest BCUT2D eigenvalue weighted by molar-refractivity contribution is 6.05. The maximum atomic E-state index is 12.9. The van der Waals surface area contributed by atoms with Gasteiger partial charge in [0, 0.05) is 23.4 Å². The van der Waals surface area contributed by atoms with Gasteiger partial charge < -0.3 is 10.6 Å². The van der Waals surface area contributed by atoms with Crippen LogP contribution in [0, 0.1) is 0 Å². The van der Waals surface area contributed by atoms with Gasteiger partial charge in [-0.05, 0) is 47.0 Å². The maximum absolute atomic E-state index is 12.9. The van der Waals surface area contributed by atoms with Gasteiger partial charge in [-0.15, -0.1) is 5.10 Å². The molecule has 2 heterocycles. The van der Waals surface area contributed by atoms with Crippen molar-refractivity contribution < 1.29 is 9.59 Å². The molecular formula is C20H18N6O2. The van der Waals surface area contributed by atoms with Crippen molar-refractivity contribution in [3.63, 3.8) is 0 Å². The number of fused-ring (bicyclic) bond motifs is 1. The van der Waals surface area contributed by atoms with E-state index in [1.807, 2.05) is 53.2 Å². The molecule has 28 heavy (non-hydrogen) atoms. The first-order valence-electron chi connectivity index (χ1n) is 9.27. The molecule has 0 radical (unpaired) electrons. The van der Waals surface area contributed by atoms with Gasteiger partial charge in [-0.25, -0.2) is 4.68 Å². The van der Waals surface area contributed by atoms with Gasteiger partial charge in [-0.1, -0.05) is 30.3 Å². The molecule has 0 unspecified atom stereocenters. The molecule has 1 aliphatic heterocycles. The smallest absolute Gasteiger partial charge is 0.232 e. The Morgan fingerprint density at radius 2 is 2.00 bits per heavy atom. The number of para-hydroxylation sites is 1. The zero-order chi connectivity index (χ0) is 19.1. The van der Waals surface area contributed by atoms with Crippen molar-refractivity contribution in [1.82, 2.24) is 20.2 Å². The van der Waals surface area contributed by atoms with Gasteiger partial charge in [0.15, 0.2) is 5.82 Å². The highest BCUT2D eigenvalue weighted by Gasteiger charge is 2.31. The Morgan fingerprint density at radius 1 is 1.14 bits per heavy atom. The van der Waals surface area contributed by atoms with Crippen LogP contribution in [-0.2, 0) is 9.59 Å². The number of rotatable bonds is 4. The van der Waals surface area contributed by atoms with E-state index in [1.54, 1.807) is 0 Å². The number of benzene rings is 2. The molecular weight excluding hydrogens is 356 g/mol. The first-order chi connectivity index (χ1) is 13.7. The van der Waals surface area contributed by atoms with Crippen molar-refractivity contribution in [2.24, 2.45) is 0 Å². The third-order valence-corrected chi connectivity index (χ3v) is 5.09. The number of tetrazole rings is 1. The molecule has 0 bridgehead atoms. The molecule has 2 N–H and O–H groups in total. The van der Waals surface area contributed by atoms with E-state index in [0.717, 1.165) is 24.0 Å². The number of nitrogens with one attached hydrogen (secondary N) is 2.